The van der Waals surface area contributed by atoms with Crippen LogP contribution in [0.25, 0.3) is 11.4 Å². The van der Waals surface area contributed by atoms with Crippen molar-refractivity contribution >= 4 is 11.6 Å². The first-order valence-corrected chi connectivity index (χ1v) is 6.92. The quantitative estimate of drug-likeness (QED) is 0.908. The van der Waals surface area contributed by atoms with Gasteiger partial charge >= 0.3 is 0 Å². The van der Waals surface area contributed by atoms with Crippen LogP contribution in [0.15, 0.2) is 24.8 Å². The molecule has 1 aliphatic heterocycles. The van der Waals surface area contributed by atoms with Gasteiger partial charge in [0, 0.05) is 17.8 Å². The Kier molecular flexibility index (Phi) is 2.14. The first-order chi connectivity index (χ1) is 9.59. The SMILES string of the molecule is CC1(C)C(=O)N(C2CC2)c2cc(-c3cnc[nH]3)ncc21. The Morgan fingerprint density at radius 2 is 2.15 bits per heavy atom. The topological polar surface area (TPSA) is 61.9 Å². The zero-order valence-electron chi connectivity index (χ0n) is 11.6. The monoisotopic (exact) mass is 268 g/mol. The Morgan fingerprint density at radius 1 is 1.35 bits per heavy atom. The minimum atomic E-state index is -0.475. The predicted octanol–water partition coefficient (Wildman–Crippen LogP) is 2.26. The van der Waals surface area contributed by atoms with E-state index in [2.05, 4.69) is 15.0 Å². The van der Waals surface area contributed by atoms with E-state index in [1.165, 1.54) is 0 Å². The van der Waals surface area contributed by atoms with Crippen molar-refractivity contribution in [2.75, 3.05) is 4.90 Å². The summed E-state index contributed by atoms with van der Waals surface area (Å²) in [6.07, 6.45) is 7.42. The Bertz CT molecular complexity index is 686. The number of anilines is 1. The molecule has 3 heterocycles. The van der Waals surface area contributed by atoms with Crippen LogP contribution in [0.4, 0.5) is 5.69 Å². The molecule has 1 N–H and O–H groups in total. The van der Waals surface area contributed by atoms with Crippen LogP contribution in [-0.4, -0.2) is 26.9 Å². The Labute approximate surface area is 117 Å². The summed E-state index contributed by atoms with van der Waals surface area (Å²) < 4.78 is 0. The zero-order valence-corrected chi connectivity index (χ0v) is 11.6. The average molecular weight is 268 g/mol. The molecule has 0 spiro atoms. The molecule has 102 valence electrons. The van der Waals surface area contributed by atoms with Crippen molar-refractivity contribution < 1.29 is 4.79 Å². The van der Waals surface area contributed by atoms with Crippen LogP contribution in [-0.2, 0) is 10.2 Å². The largest absolute Gasteiger partial charge is 0.343 e. The van der Waals surface area contributed by atoms with Crippen LogP contribution in [0.3, 0.4) is 0 Å². The van der Waals surface area contributed by atoms with Crippen LogP contribution in [0.2, 0.25) is 0 Å². The van der Waals surface area contributed by atoms with Crippen molar-refractivity contribution in [2.45, 2.75) is 38.1 Å². The van der Waals surface area contributed by atoms with Gasteiger partial charge in [-0.25, -0.2) is 4.98 Å². The van der Waals surface area contributed by atoms with Crippen LogP contribution >= 0.6 is 0 Å². The third-order valence-corrected chi connectivity index (χ3v) is 4.25. The first-order valence-electron chi connectivity index (χ1n) is 6.92. The number of pyridine rings is 1. The first kappa shape index (κ1) is 11.6. The summed E-state index contributed by atoms with van der Waals surface area (Å²) in [4.78, 5) is 26.2. The van der Waals surface area contributed by atoms with Crippen molar-refractivity contribution in [3.63, 3.8) is 0 Å². The molecule has 5 nitrogen and oxygen atoms in total. The third-order valence-electron chi connectivity index (χ3n) is 4.25. The molecule has 0 atom stereocenters. The minimum Gasteiger partial charge on any atom is -0.343 e. The second-order valence-corrected chi connectivity index (χ2v) is 6.08. The van der Waals surface area contributed by atoms with Gasteiger partial charge < -0.3 is 9.88 Å². The van der Waals surface area contributed by atoms with Gasteiger partial charge in [-0.05, 0) is 32.8 Å². The number of imidazole rings is 1. The van der Waals surface area contributed by atoms with E-state index in [-0.39, 0.29) is 5.91 Å². The maximum absolute atomic E-state index is 12.6. The smallest absolute Gasteiger partial charge is 0.237 e. The van der Waals surface area contributed by atoms with E-state index in [0.717, 1.165) is 35.5 Å². The number of carbonyl (C=O) groups excluding carboxylic acids is 1. The molecule has 1 fully saturated rings. The highest BCUT2D eigenvalue weighted by atomic mass is 16.2. The molecule has 4 rings (SSSR count). The van der Waals surface area contributed by atoms with Crippen molar-refractivity contribution in [2.24, 2.45) is 0 Å². The van der Waals surface area contributed by atoms with Crippen LogP contribution in [0.5, 0.6) is 0 Å². The molecule has 1 saturated carbocycles. The van der Waals surface area contributed by atoms with Crippen molar-refractivity contribution in [3.05, 3.63) is 30.4 Å². The highest BCUT2D eigenvalue weighted by Gasteiger charge is 2.49. The Morgan fingerprint density at radius 3 is 2.80 bits per heavy atom. The molecule has 0 aromatic carbocycles. The number of hydrogen-bond acceptors (Lipinski definition) is 3. The number of aromatic amines is 1. The van der Waals surface area contributed by atoms with Crippen LogP contribution < -0.4 is 4.90 Å². The van der Waals surface area contributed by atoms with E-state index in [4.69, 9.17) is 0 Å². The number of aromatic nitrogens is 3. The number of amides is 1. The maximum atomic E-state index is 12.6. The zero-order chi connectivity index (χ0) is 13.9. The maximum Gasteiger partial charge on any atom is 0.237 e. The summed E-state index contributed by atoms with van der Waals surface area (Å²) in [5, 5.41) is 0. The fourth-order valence-corrected chi connectivity index (χ4v) is 2.89. The Balaban J connectivity index is 1.88. The molecular formula is C15H16N4O. The van der Waals surface area contributed by atoms with Crippen molar-refractivity contribution in [3.8, 4) is 11.4 Å². The van der Waals surface area contributed by atoms with Gasteiger partial charge in [-0.15, -0.1) is 0 Å². The van der Waals surface area contributed by atoms with Gasteiger partial charge in [0.2, 0.25) is 5.91 Å². The van der Waals surface area contributed by atoms with E-state index in [1.54, 1.807) is 12.5 Å². The van der Waals surface area contributed by atoms with E-state index in [0.29, 0.717) is 6.04 Å². The lowest BCUT2D eigenvalue weighted by Gasteiger charge is -2.19. The molecule has 0 saturated heterocycles. The molecule has 0 unspecified atom stereocenters. The molecule has 1 amide bonds. The predicted molar refractivity (Wildman–Crippen MR) is 75.4 cm³/mol. The fraction of sp³-hybridized carbons (Fsp3) is 0.400. The molecule has 5 heteroatoms. The van der Waals surface area contributed by atoms with Gasteiger partial charge in [0.05, 0.1) is 35.0 Å². The molecule has 0 bridgehead atoms. The van der Waals surface area contributed by atoms with Crippen molar-refractivity contribution in [1.29, 1.82) is 0 Å². The molecule has 20 heavy (non-hydrogen) atoms. The third kappa shape index (κ3) is 1.46. The highest BCUT2D eigenvalue weighted by Crippen LogP contribution is 2.47. The van der Waals surface area contributed by atoms with Gasteiger partial charge in [-0.1, -0.05) is 0 Å². The lowest BCUT2D eigenvalue weighted by molar-refractivity contribution is -0.122. The van der Waals surface area contributed by atoms with E-state index >= 15 is 0 Å². The number of rotatable bonds is 2. The van der Waals surface area contributed by atoms with Crippen LogP contribution in [0.1, 0.15) is 32.3 Å². The normalized spacial score (nSPS) is 20.3. The molecule has 0 radical (unpaired) electrons. The number of carbonyl (C=O) groups is 1. The lowest BCUT2D eigenvalue weighted by Crippen LogP contribution is -2.37. The minimum absolute atomic E-state index is 0.193. The summed E-state index contributed by atoms with van der Waals surface area (Å²) in [5.74, 6) is 0.193. The van der Waals surface area contributed by atoms with E-state index in [9.17, 15) is 4.79 Å². The molecular weight excluding hydrogens is 252 g/mol. The molecule has 1 aliphatic carbocycles. The van der Waals surface area contributed by atoms with Gasteiger partial charge in [-0.2, -0.15) is 0 Å². The number of nitrogens with zero attached hydrogens (tertiary/aromatic N) is 3. The number of H-pyrrole nitrogens is 1. The molecule has 2 aliphatic rings. The average Bonchev–Trinajstić information content (AvgIpc) is 3.06. The summed E-state index contributed by atoms with van der Waals surface area (Å²) >= 11 is 0. The van der Waals surface area contributed by atoms with Gasteiger partial charge in [0.15, 0.2) is 0 Å². The van der Waals surface area contributed by atoms with Crippen molar-refractivity contribution in [1.82, 2.24) is 15.0 Å². The standard InChI is InChI=1S/C15H16N4O/c1-15(2)10-6-17-11(12-7-16-8-18-12)5-13(10)19(14(15)20)9-3-4-9/h5-9H,3-4H2,1-2H3,(H,16,18). The molecule has 2 aromatic heterocycles. The van der Waals surface area contributed by atoms with Gasteiger partial charge in [0.1, 0.15) is 0 Å². The second-order valence-electron chi connectivity index (χ2n) is 6.08. The summed E-state index contributed by atoms with van der Waals surface area (Å²) in [6.45, 7) is 3.96. The summed E-state index contributed by atoms with van der Waals surface area (Å²) in [7, 11) is 0. The summed E-state index contributed by atoms with van der Waals surface area (Å²) in [5.41, 5.74) is 3.27. The van der Waals surface area contributed by atoms with Gasteiger partial charge in [-0.3, -0.25) is 9.78 Å². The number of hydrogen-bond donors (Lipinski definition) is 1. The van der Waals surface area contributed by atoms with Gasteiger partial charge in [0.25, 0.3) is 0 Å². The fourth-order valence-electron chi connectivity index (χ4n) is 2.89. The van der Waals surface area contributed by atoms with Crippen LogP contribution in [0, 0.1) is 0 Å². The number of fused-ring (bicyclic) bond motifs is 1. The van der Waals surface area contributed by atoms with E-state index in [1.807, 2.05) is 31.0 Å². The summed E-state index contributed by atoms with van der Waals surface area (Å²) in [6, 6.07) is 2.38. The second kappa shape index (κ2) is 3.69. The number of nitrogens with one attached hydrogen (secondary N) is 1. The highest BCUT2D eigenvalue weighted by molar-refractivity contribution is 6.08. The lowest BCUT2D eigenvalue weighted by atomic mass is 9.87. The molecule has 2 aromatic rings. The Hall–Kier alpha value is -2.17. The van der Waals surface area contributed by atoms with E-state index < -0.39 is 5.41 Å².